The summed E-state index contributed by atoms with van der Waals surface area (Å²) in [5.74, 6) is 0.770. The fourth-order valence-electron chi connectivity index (χ4n) is 2.11. The van der Waals surface area contributed by atoms with Crippen LogP contribution in [0.4, 0.5) is 21.7 Å². The van der Waals surface area contributed by atoms with Gasteiger partial charge in [0.25, 0.3) is 5.91 Å². The molecule has 0 saturated carbocycles. The van der Waals surface area contributed by atoms with E-state index in [0.29, 0.717) is 28.6 Å². The number of amides is 1. The summed E-state index contributed by atoms with van der Waals surface area (Å²) in [5, 5.41) is 13.5. The van der Waals surface area contributed by atoms with E-state index < -0.39 is 0 Å². The fourth-order valence-corrected chi connectivity index (χ4v) is 2.11. The van der Waals surface area contributed by atoms with E-state index in [1.54, 1.807) is 55.6 Å². The van der Waals surface area contributed by atoms with Crippen LogP contribution in [0.2, 0.25) is 0 Å². The minimum Gasteiger partial charge on any atom is -0.497 e. The van der Waals surface area contributed by atoms with Gasteiger partial charge in [-0.25, -0.2) is 4.39 Å². The highest BCUT2D eigenvalue weighted by molar-refractivity contribution is 6.03. The molecule has 0 fully saturated rings. The normalized spacial score (nSPS) is 10.2. The zero-order valence-corrected chi connectivity index (χ0v) is 13.4. The molecule has 0 spiro atoms. The molecule has 0 unspecified atom stereocenters. The third kappa shape index (κ3) is 4.29. The molecule has 0 saturated heterocycles. The highest BCUT2D eigenvalue weighted by Crippen LogP contribution is 2.16. The smallest absolute Gasteiger partial charge is 0.256 e. The van der Waals surface area contributed by atoms with Crippen LogP contribution in [0.25, 0.3) is 0 Å². The molecule has 1 heterocycles. The molecule has 3 aromatic rings. The molecule has 0 aliphatic rings. The molecule has 25 heavy (non-hydrogen) atoms. The highest BCUT2D eigenvalue weighted by atomic mass is 19.1. The molecule has 0 radical (unpaired) electrons. The van der Waals surface area contributed by atoms with E-state index in [9.17, 15) is 9.18 Å². The predicted octanol–water partition coefficient (Wildman–Crippen LogP) is 3.62. The molecule has 126 valence electrons. The number of nitrogens with one attached hydrogen (secondary N) is 2. The van der Waals surface area contributed by atoms with Gasteiger partial charge in [0.05, 0.1) is 7.11 Å². The number of ether oxygens (including phenoxy) is 1. The largest absolute Gasteiger partial charge is 0.497 e. The summed E-state index contributed by atoms with van der Waals surface area (Å²) in [7, 11) is 1.56. The molecule has 0 bridgehead atoms. The van der Waals surface area contributed by atoms with Crippen LogP contribution in [-0.2, 0) is 0 Å². The van der Waals surface area contributed by atoms with E-state index in [4.69, 9.17) is 4.74 Å². The summed E-state index contributed by atoms with van der Waals surface area (Å²) in [4.78, 5) is 12.2. The molecule has 1 aromatic heterocycles. The van der Waals surface area contributed by atoms with Crippen LogP contribution in [-0.4, -0.2) is 23.2 Å². The van der Waals surface area contributed by atoms with Crippen molar-refractivity contribution in [3.05, 3.63) is 72.0 Å². The summed E-state index contributed by atoms with van der Waals surface area (Å²) >= 11 is 0. The Bertz CT molecular complexity index is 867. The Hall–Kier alpha value is -3.48. The zero-order valence-electron chi connectivity index (χ0n) is 13.4. The molecule has 6 nitrogen and oxygen atoms in total. The Labute approximate surface area is 143 Å². The summed E-state index contributed by atoms with van der Waals surface area (Å²) in [6.07, 6.45) is 0. The summed E-state index contributed by atoms with van der Waals surface area (Å²) in [6, 6.07) is 16.0. The van der Waals surface area contributed by atoms with Gasteiger partial charge in [-0.15, -0.1) is 10.2 Å². The SMILES string of the molecule is COc1ccc(C(=O)Nc2ccc(Nc3cccc(F)c3)nn2)cc1. The van der Waals surface area contributed by atoms with E-state index in [0.717, 1.165) is 0 Å². The number of rotatable bonds is 5. The first kappa shape index (κ1) is 16.4. The second-order valence-electron chi connectivity index (χ2n) is 5.12. The van der Waals surface area contributed by atoms with Crippen molar-refractivity contribution < 1.29 is 13.9 Å². The maximum atomic E-state index is 13.2. The Morgan fingerprint density at radius 2 is 1.72 bits per heavy atom. The summed E-state index contributed by atoms with van der Waals surface area (Å²) in [5.41, 5.74) is 1.04. The van der Waals surface area contributed by atoms with Crippen LogP contribution in [0.15, 0.2) is 60.7 Å². The van der Waals surface area contributed by atoms with Crippen LogP contribution in [0.1, 0.15) is 10.4 Å². The minimum absolute atomic E-state index is 0.303. The molecule has 3 rings (SSSR count). The number of halogens is 1. The number of hydrogen-bond donors (Lipinski definition) is 2. The quantitative estimate of drug-likeness (QED) is 0.743. The fraction of sp³-hybridized carbons (Fsp3) is 0.0556. The van der Waals surface area contributed by atoms with Crippen molar-refractivity contribution in [1.29, 1.82) is 0 Å². The summed E-state index contributed by atoms with van der Waals surface area (Å²) < 4.78 is 18.2. The molecule has 0 aliphatic carbocycles. The van der Waals surface area contributed by atoms with Gasteiger partial charge in [-0.2, -0.15) is 0 Å². The van der Waals surface area contributed by atoms with Gasteiger partial charge in [-0.3, -0.25) is 4.79 Å². The number of aromatic nitrogens is 2. The van der Waals surface area contributed by atoms with Crippen molar-refractivity contribution in [2.75, 3.05) is 17.7 Å². The van der Waals surface area contributed by atoms with Gasteiger partial charge in [0.1, 0.15) is 11.6 Å². The Balaban J connectivity index is 1.64. The van der Waals surface area contributed by atoms with E-state index in [1.807, 2.05) is 0 Å². The predicted molar refractivity (Wildman–Crippen MR) is 92.7 cm³/mol. The topological polar surface area (TPSA) is 76.1 Å². The first-order valence-electron chi connectivity index (χ1n) is 7.46. The van der Waals surface area contributed by atoms with Crippen molar-refractivity contribution in [2.45, 2.75) is 0 Å². The van der Waals surface area contributed by atoms with Crippen LogP contribution < -0.4 is 15.4 Å². The summed E-state index contributed by atoms with van der Waals surface area (Å²) in [6.45, 7) is 0. The van der Waals surface area contributed by atoms with Crippen LogP contribution >= 0.6 is 0 Å². The number of carbonyl (C=O) groups is 1. The monoisotopic (exact) mass is 338 g/mol. The maximum absolute atomic E-state index is 13.2. The van der Waals surface area contributed by atoms with Gasteiger partial charge in [-0.05, 0) is 54.6 Å². The van der Waals surface area contributed by atoms with E-state index in [-0.39, 0.29) is 11.7 Å². The molecule has 0 aliphatic heterocycles. The number of anilines is 3. The van der Waals surface area contributed by atoms with Gasteiger partial charge in [0.15, 0.2) is 11.6 Å². The maximum Gasteiger partial charge on any atom is 0.256 e. The lowest BCUT2D eigenvalue weighted by Crippen LogP contribution is -2.13. The van der Waals surface area contributed by atoms with Crippen molar-refractivity contribution in [3.63, 3.8) is 0 Å². The molecular weight excluding hydrogens is 323 g/mol. The molecule has 0 atom stereocenters. The molecular formula is C18H15FN4O2. The van der Waals surface area contributed by atoms with Gasteiger partial charge >= 0.3 is 0 Å². The second kappa shape index (κ2) is 7.39. The van der Waals surface area contributed by atoms with Gasteiger partial charge < -0.3 is 15.4 Å². The molecule has 2 aromatic carbocycles. The number of methoxy groups -OCH3 is 1. The van der Waals surface area contributed by atoms with Gasteiger partial charge in [-0.1, -0.05) is 6.07 Å². The number of benzene rings is 2. The van der Waals surface area contributed by atoms with Crippen molar-refractivity contribution in [2.24, 2.45) is 0 Å². The lowest BCUT2D eigenvalue weighted by atomic mass is 10.2. The van der Waals surface area contributed by atoms with Crippen molar-refractivity contribution >= 4 is 23.2 Å². The standard InChI is InChI=1S/C18H15FN4O2/c1-25-15-7-5-12(6-8-15)18(24)21-17-10-9-16(22-23-17)20-14-4-2-3-13(19)11-14/h2-11H,1H3,(H,20,22)(H,21,23,24). The molecule has 2 N–H and O–H groups in total. The Kier molecular flexibility index (Phi) is 4.84. The molecule has 7 heteroatoms. The zero-order chi connectivity index (χ0) is 17.6. The van der Waals surface area contributed by atoms with Gasteiger partial charge in [0, 0.05) is 11.3 Å². The first-order valence-corrected chi connectivity index (χ1v) is 7.46. The lowest BCUT2D eigenvalue weighted by Gasteiger charge is -2.07. The number of carbonyl (C=O) groups excluding carboxylic acids is 1. The highest BCUT2D eigenvalue weighted by Gasteiger charge is 2.08. The first-order chi connectivity index (χ1) is 12.1. The van der Waals surface area contributed by atoms with Crippen LogP contribution in [0, 0.1) is 5.82 Å². The lowest BCUT2D eigenvalue weighted by molar-refractivity contribution is 0.102. The second-order valence-corrected chi connectivity index (χ2v) is 5.12. The number of hydrogen-bond acceptors (Lipinski definition) is 5. The average Bonchev–Trinajstić information content (AvgIpc) is 2.63. The third-order valence-corrected chi connectivity index (χ3v) is 3.36. The van der Waals surface area contributed by atoms with Gasteiger partial charge in [0.2, 0.25) is 0 Å². The van der Waals surface area contributed by atoms with Crippen molar-refractivity contribution in [3.8, 4) is 5.75 Å². The van der Waals surface area contributed by atoms with Crippen LogP contribution in [0.5, 0.6) is 5.75 Å². The Morgan fingerprint density at radius 1 is 1.00 bits per heavy atom. The number of nitrogens with zero attached hydrogens (tertiary/aromatic N) is 2. The molecule has 1 amide bonds. The van der Waals surface area contributed by atoms with E-state index in [1.165, 1.54) is 12.1 Å². The van der Waals surface area contributed by atoms with Crippen LogP contribution in [0.3, 0.4) is 0 Å². The minimum atomic E-state index is -0.346. The van der Waals surface area contributed by atoms with Crippen molar-refractivity contribution in [1.82, 2.24) is 10.2 Å². The van der Waals surface area contributed by atoms with E-state index in [2.05, 4.69) is 20.8 Å². The average molecular weight is 338 g/mol. The Morgan fingerprint density at radius 3 is 2.36 bits per heavy atom. The van der Waals surface area contributed by atoms with E-state index >= 15 is 0 Å². The third-order valence-electron chi connectivity index (χ3n) is 3.36.